The van der Waals surface area contributed by atoms with Gasteiger partial charge in [-0.1, -0.05) is 0 Å². The number of nitrogens with two attached hydrogens (primary N) is 1. The molecule has 0 radical (unpaired) electrons. The van der Waals surface area contributed by atoms with E-state index < -0.39 is 5.82 Å². The second-order valence-electron chi connectivity index (χ2n) is 4.07. The average molecular weight is 292 g/mol. The summed E-state index contributed by atoms with van der Waals surface area (Å²) >= 11 is 0. The van der Waals surface area contributed by atoms with E-state index in [1.165, 1.54) is 0 Å². The Hall–Kier alpha value is -2.57. The van der Waals surface area contributed by atoms with Crippen LogP contribution in [0.2, 0.25) is 0 Å². The monoisotopic (exact) mass is 292 g/mol. The van der Waals surface area contributed by atoms with Crippen molar-refractivity contribution in [3.05, 3.63) is 30.2 Å². The lowest BCUT2D eigenvalue weighted by molar-refractivity contribution is 0.332. The van der Waals surface area contributed by atoms with Gasteiger partial charge in [0, 0.05) is 6.07 Å². The minimum Gasteiger partial charge on any atom is -0.494 e. The normalized spacial score (nSPS) is 10.2. The number of halogens is 1. The van der Waals surface area contributed by atoms with E-state index in [1.807, 2.05) is 13.8 Å². The standard InChI is InChI=1S/C14H17FN4O2/c1-3-20-9-5-6-12(21-4-2)11(7-9)18-13-10(15)8-17-14(16)19-13/h5-8H,3-4H2,1-2H3,(H3,16,17,18,19). The Morgan fingerprint density at radius 1 is 1.24 bits per heavy atom. The number of nitrogens with zero attached hydrogens (tertiary/aromatic N) is 2. The van der Waals surface area contributed by atoms with Gasteiger partial charge < -0.3 is 20.5 Å². The van der Waals surface area contributed by atoms with Crippen LogP contribution in [0.25, 0.3) is 0 Å². The molecule has 2 aromatic rings. The number of nitrogens with one attached hydrogen (secondary N) is 1. The molecule has 3 N–H and O–H groups in total. The summed E-state index contributed by atoms with van der Waals surface area (Å²) in [6.07, 6.45) is 1.01. The molecule has 0 aliphatic rings. The molecule has 0 aliphatic heterocycles. The zero-order chi connectivity index (χ0) is 15.2. The van der Waals surface area contributed by atoms with E-state index in [9.17, 15) is 4.39 Å². The lowest BCUT2D eigenvalue weighted by Gasteiger charge is -2.14. The third-order valence-electron chi connectivity index (χ3n) is 2.58. The molecule has 1 heterocycles. The van der Waals surface area contributed by atoms with Crippen LogP contribution in [0.1, 0.15) is 13.8 Å². The molecular formula is C14H17FN4O2. The van der Waals surface area contributed by atoms with Crippen molar-refractivity contribution < 1.29 is 13.9 Å². The van der Waals surface area contributed by atoms with E-state index in [1.54, 1.807) is 18.2 Å². The molecule has 0 saturated carbocycles. The predicted octanol–water partition coefficient (Wildman–Crippen LogP) is 2.74. The van der Waals surface area contributed by atoms with Crippen molar-refractivity contribution in [3.8, 4) is 11.5 Å². The number of benzene rings is 1. The van der Waals surface area contributed by atoms with Gasteiger partial charge in [0.1, 0.15) is 11.5 Å². The molecule has 0 spiro atoms. The van der Waals surface area contributed by atoms with Crippen LogP contribution >= 0.6 is 0 Å². The maximum atomic E-state index is 13.7. The van der Waals surface area contributed by atoms with Crippen molar-refractivity contribution >= 4 is 17.5 Å². The second-order valence-corrected chi connectivity index (χ2v) is 4.07. The smallest absolute Gasteiger partial charge is 0.222 e. The van der Waals surface area contributed by atoms with Crippen LogP contribution in [0.15, 0.2) is 24.4 Å². The van der Waals surface area contributed by atoms with Crippen molar-refractivity contribution in [1.29, 1.82) is 0 Å². The zero-order valence-corrected chi connectivity index (χ0v) is 11.9. The number of nitrogen functional groups attached to an aromatic ring is 1. The Morgan fingerprint density at radius 3 is 2.71 bits per heavy atom. The highest BCUT2D eigenvalue weighted by Gasteiger charge is 2.11. The highest BCUT2D eigenvalue weighted by atomic mass is 19.1. The highest BCUT2D eigenvalue weighted by Crippen LogP contribution is 2.32. The highest BCUT2D eigenvalue weighted by molar-refractivity contribution is 5.66. The minimum absolute atomic E-state index is 0.0159. The Balaban J connectivity index is 2.35. The van der Waals surface area contributed by atoms with E-state index >= 15 is 0 Å². The summed E-state index contributed by atoms with van der Waals surface area (Å²) in [6.45, 7) is 4.76. The van der Waals surface area contributed by atoms with Crippen LogP contribution in [-0.2, 0) is 0 Å². The molecule has 0 bridgehead atoms. The largest absolute Gasteiger partial charge is 0.494 e. The van der Waals surface area contributed by atoms with Gasteiger partial charge in [-0.25, -0.2) is 9.37 Å². The van der Waals surface area contributed by atoms with E-state index in [2.05, 4.69) is 15.3 Å². The van der Waals surface area contributed by atoms with E-state index in [0.717, 1.165) is 6.20 Å². The molecule has 0 aliphatic carbocycles. The van der Waals surface area contributed by atoms with Gasteiger partial charge in [0.2, 0.25) is 5.95 Å². The lowest BCUT2D eigenvalue weighted by Crippen LogP contribution is -2.04. The fourth-order valence-corrected chi connectivity index (χ4v) is 1.74. The topological polar surface area (TPSA) is 82.3 Å². The van der Waals surface area contributed by atoms with Gasteiger partial charge in [0.15, 0.2) is 11.6 Å². The van der Waals surface area contributed by atoms with Crippen LogP contribution in [0, 0.1) is 5.82 Å². The summed E-state index contributed by atoms with van der Waals surface area (Å²) in [4.78, 5) is 7.41. The van der Waals surface area contributed by atoms with Gasteiger partial charge in [0.05, 0.1) is 25.1 Å². The van der Waals surface area contributed by atoms with Gasteiger partial charge in [-0.05, 0) is 26.0 Å². The van der Waals surface area contributed by atoms with E-state index in [0.29, 0.717) is 30.4 Å². The maximum Gasteiger partial charge on any atom is 0.222 e. The van der Waals surface area contributed by atoms with Crippen LogP contribution in [0.3, 0.4) is 0 Å². The summed E-state index contributed by atoms with van der Waals surface area (Å²) in [6, 6.07) is 5.25. The van der Waals surface area contributed by atoms with Crippen molar-refractivity contribution in [3.63, 3.8) is 0 Å². The van der Waals surface area contributed by atoms with Crippen LogP contribution in [0.4, 0.5) is 21.8 Å². The number of rotatable bonds is 6. The number of hydrogen-bond acceptors (Lipinski definition) is 6. The van der Waals surface area contributed by atoms with Crippen molar-refractivity contribution in [2.75, 3.05) is 24.3 Å². The zero-order valence-electron chi connectivity index (χ0n) is 11.9. The molecule has 2 rings (SSSR count). The van der Waals surface area contributed by atoms with Crippen molar-refractivity contribution in [1.82, 2.24) is 9.97 Å². The molecule has 6 nitrogen and oxygen atoms in total. The molecule has 1 aromatic carbocycles. The number of ether oxygens (including phenoxy) is 2. The summed E-state index contributed by atoms with van der Waals surface area (Å²) in [7, 11) is 0. The lowest BCUT2D eigenvalue weighted by atomic mass is 10.2. The molecule has 0 amide bonds. The molecule has 112 valence electrons. The maximum absolute atomic E-state index is 13.7. The van der Waals surface area contributed by atoms with Gasteiger partial charge >= 0.3 is 0 Å². The van der Waals surface area contributed by atoms with E-state index in [-0.39, 0.29) is 11.8 Å². The van der Waals surface area contributed by atoms with Crippen LogP contribution < -0.4 is 20.5 Å². The van der Waals surface area contributed by atoms with Gasteiger partial charge in [-0.3, -0.25) is 0 Å². The summed E-state index contributed by atoms with van der Waals surface area (Å²) in [5.74, 6) is 0.576. The number of hydrogen-bond donors (Lipinski definition) is 2. The predicted molar refractivity (Wildman–Crippen MR) is 78.5 cm³/mol. The quantitative estimate of drug-likeness (QED) is 0.852. The molecule has 0 unspecified atom stereocenters. The first-order chi connectivity index (χ1) is 10.1. The Kier molecular flexibility index (Phi) is 4.76. The average Bonchev–Trinajstić information content (AvgIpc) is 2.46. The summed E-state index contributed by atoms with van der Waals surface area (Å²) in [5.41, 5.74) is 6.01. The Bertz CT molecular complexity index is 622. The van der Waals surface area contributed by atoms with Crippen molar-refractivity contribution in [2.45, 2.75) is 13.8 Å². The van der Waals surface area contributed by atoms with Gasteiger partial charge in [-0.15, -0.1) is 0 Å². The minimum atomic E-state index is -0.603. The second kappa shape index (κ2) is 6.74. The third kappa shape index (κ3) is 3.71. The molecule has 21 heavy (non-hydrogen) atoms. The fraction of sp³-hybridized carbons (Fsp3) is 0.286. The Labute approximate surface area is 122 Å². The molecular weight excluding hydrogens is 275 g/mol. The number of aromatic nitrogens is 2. The first kappa shape index (κ1) is 14.8. The van der Waals surface area contributed by atoms with Crippen LogP contribution in [0.5, 0.6) is 11.5 Å². The van der Waals surface area contributed by atoms with Gasteiger partial charge in [0.25, 0.3) is 0 Å². The molecule has 0 fully saturated rings. The van der Waals surface area contributed by atoms with E-state index in [4.69, 9.17) is 15.2 Å². The Morgan fingerprint density at radius 2 is 2.00 bits per heavy atom. The first-order valence-electron chi connectivity index (χ1n) is 6.58. The van der Waals surface area contributed by atoms with Crippen LogP contribution in [-0.4, -0.2) is 23.2 Å². The SMILES string of the molecule is CCOc1ccc(OCC)c(Nc2nc(N)ncc2F)c1. The summed E-state index contributed by atoms with van der Waals surface area (Å²) < 4.78 is 24.6. The molecule has 7 heteroatoms. The van der Waals surface area contributed by atoms with Gasteiger partial charge in [-0.2, -0.15) is 4.98 Å². The molecule has 0 atom stereocenters. The third-order valence-corrected chi connectivity index (χ3v) is 2.58. The molecule has 0 saturated heterocycles. The van der Waals surface area contributed by atoms with Crippen molar-refractivity contribution in [2.24, 2.45) is 0 Å². The fourth-order valence-electron chi connectivity index (χ4n) is 1.74. The number of anilines is 3. The molecule has 1 aromatic heterocycles. The summed E-state index contributed by atoms with van der Waals surface area (Å²) in [5, 5.41) is 2.85. The first-order valence-corrected chi connectivity index (χ1v) is 6.58.